The van der Waals surface area contributed by atoms with E-state index >= 15 is 0 Å². The van der Waals surface area contributed by atoms with Crippen LogP contribution in [0.5, 0.6) is 0 Å². The van der Waals surface area contributed by atoms with Crippen LogP contribution in [0.2, 0.25) is 0 Å². The van der Waals surface area contributed by atoms with Gasteiger partial charge in [-0.05, 0) is 222 Å². The number of carboxylic acids is 1. The number of halogens is 4. The Morgan fingerprint density at radius 3 is 0.766 bits per heavy atom. The Hall–Kier alpha value is -12.1. The average molecular weight is 2170 g/mol. The number of aromatic nitrogens is 6. The molecule has 0 unspecified atom stereocenters. The summed E-state index contributed by atoms with van der Waals surface area (Å²) < 4.78 is 67.9. The molecule has 15 aromatic carbocycles. The molecule has 0 amide bonds. The number of aromatic carboxylic acids is 1. The molecule has 0 radical (unpaired) electrons. The van der Waals surface area contributed by atoms with Gasteiger partial charge in [0.2, 0.25) is 0 Å². The largest absolute Gasteiger partial charge is 1.00 e. The van der Waals surface area contributed by atoms with Crippen LogP contribution in [0.4, 0.5) is 13.2 Å². The summed E-state index contributed by atoms with van der Waals surface area (Å²) >= 11 is 3.08. The number of hydrogen-bond donors (Lipinski definition) is 1. The quantitative estimate of drug-likeness (QED) is 0.0407. The summed E-state index contributed by atoms with van der Waals surface area (Å²) in [6, 6.07) is 149. The second-order valence-corrected chi connectivity index (χ2v) is 44.3. The van der Waals surface area contributed by atoms with E-state index in [-0.39, 0.29) is 90.5 Å². The first-order valence-corrected chi connectivity index (χ1v) is 53.1. The molecule has 4 fully saturated rings. The van der Waals surface area contributed by atoms with Gasteiger partial charge in [0.15, 0.2) is 0 Å². The maximum Gasteiger partial charge on any atom is 1.00 e. The number of carbonyl (C=O) groups is 3. The maximum atomic E-state index is 13.9. The topological polar surface area (TPSA) is 192 Å². The molecule has 3 aliphatic carbocycles. The van der Waals surface area contributed by atoms with Crippen LogP contribution >= 0.6 is 47.6 Å². The molecule has 22 rings (SSSR count). The first kappa shape index (κ1) is 112. The molecule has 2 N–H and O–H groups in total. The minimum absolute atomic E-state index is 0. The number of ether oxygens (including phenoxy) is 2. The van der Waals surface area contributed by atoms with Gasteiger partial charge in [-0.1, -0.05) is 392 Å². The molecule has 15 nitrogen and oxygen atoms in total. The van der Waals surface area contributed by atoms with Crippen molar-refractivity contribution in [3.8, 4) is 22.5 Å². The summed E-state index contributed by atoms with van der Waals surface area (Å²) in [6.45, 7) is 8.30. The summed E-state index contributed by atoms with van der Waals surface area (Å²) in [6.07, 6.45) is 12.0. The van der Waals surface area contributed by atoms with Crippen LogP contribution in [0.15, 0.2) is 460 Å². The summed E-state index contributed by atoms with van der Waals surface area (Å²) in [5, 5.41) is 38.4. The van der Waals surface area contributed by atoms with E-state index < -0.39 is 67.0 Å². The minimum atomic E-state index is -1.25. The van der Waals surface area contributed by atoms with Crippen molar-refractivity contribution in [1.82, 2.24) is 29.3 Å². The van der Waals surface area contributed by atoms with Crippen molar-refractivity contribution in [3.63, 3.8) is 0 Å². The van der Waals surface area contributed by atoms with E-state index in [2.05, 4.69) is 437 Å². The van der Waals surface area contributed by atoms with Crippen LogP contribution in [0, 0.1) is 17.5 Å². The van der Waals surface area contributed by atoms with Crippen LogP contribution in [0.3, 0.4) is 0 Å². The van der Waals surface area contributed by atoms with Crippen molar-refractivity contribution >= 4 is 142 Å². The van der Waals surface area contributed by atoms with E-state index in [0.717, 1.165) is 48.2 Å². The first-order valence-electron chi connectivity index (χ1n) is 46.9. The van der Waals surface area contributed by atoms with Gasteiger partial charge in [-0.2, -0.15) is 15.3 Å². The van der Waals surface area contributed by atoms with Crippen LogP contribution in [-0.4, -0.2) is 90.4 Å². The van der Waals surface area contributed by atoms with E-state index in [9.17, 15) is 27.6 Å². The number of hydrogen-bond acceptors (Lipinski definition) is 11. The monoisotopic (exact) mass is 2170 g/mol. The van der Waals surface area contributed by atoms with Crippen molar-refractivity contribution in [2.24, 2.45) is 0 Å². The van der Waals surface area contributed by atoms with Gasteiger partial charge in [-0.3, -0.25) is 14.0 Å². The average Bonchev–Trinajstić information content (AvgIpc) is 1.61. The third-order valence-corrected chi connectivity index (χ3v) is 34.2. The predicted molar refractivity (Wildman–Crippen MR) is 584 cm³/mol. The fourth-order valence-corrected chi connectivity index (χ4v) is 25.2. The van der Waals surface area contributed by atoms with E-state index in [0.29, 0.717) is 28.2 Å². The number of rotatable bonds is 21. The Balaban J connectivity index is 0.000000148. The minimum Gasteiger partial charge on any atom is -0.870 e. The van der Waals surface area contributed by atoms with Crippen molar-refractivity contribution in [2.75, 3.05) is 14.2 Å². The Kier molecular flexibility index (Phi) is 42.7. The Labute approximate surface area is 896 Å². The van der Waals surface area contributed by atoms with Crippen molar-refractivity contribution in [1.29, 1.82) is 0 Å². The molecule has 26 heteroatoms. The summed E-state index contributed by atoms with van der Waals surface area (Å²) in [5.41, 5.74) is 3.14. The molecule has 4 aliphatic rings. The molecule has 732 valence electrons. The van der Waals surface area contributed by atoms with Crippen LogP contribution < -0.4 is 98.8 Å². The molecule has 1 saturated heterocycles. The number of esters is 2. The maximum absolute atomic E-state index is 13.9. The van der Waals surface area contributed by atoms with Gasteiger partial charge in [0, 0.05) is 54.6 Å². The zero-order valence-corrected chi connectivity index (χ0v) is 90.1. The molecule has 0 spiro atoms. The van der Waals surface area contributed by atoms with E-state index in [4.69, 9.17) is 14.4 Å². The van der Waals surface area contributed by atoms with Gasteiger partial charge < -0.3 is 29.4 Å². The van der Waals surface area contributed by atoms with Gasteiger partial charge >= 0.3 is 54.6 Å². The summed E-state index contributed by atoms with van der Waals surface area (Å²) in [5.74, 6) is -4.47. The molecule has 0 bridgehead atoms. The number of nitrogens with zero attached hydrogens (tertiary/aromatic N) is 6. The normalized spacial score (nSPS) is 13.2. The smallest absolute Gasteiger partial charge is 0.870 e. The van der Waals surface area contributed by atoms with Gasteiger partial charge in [0.05, 0.1) is 77.2 Å². The van der Waals surface area contributed by atoms with Crippen molar-refractivity contribution in [3.05, 3.63) is 494 Å². The van der Waals surface area contributed by atoms with Gasteiger partial charge in [0.25, 0.3) is 0 Å². The summed E-state index contributed by atoms with van der Waals surface area (Å²) in [7, 11) is 0.373. The van der Waals surface area contributed by atoms with Gasteiger partial charge in [0.1, 0.15) is 17.5 Å². The van der Waals surface area contributed by atoms with Gasteiger partial charge in [-0.25, -0.2) is 27.6 Å². The molecule has 145 heavy (non-hydrogen) atoms. The second kappa shape index (κ2) is 55.5. The predicted octanol–water partition coefficient (Wildman–Crippen LogP) is 20.0. The van der Waals surface area contributed by atoms with Crippen molar-refractivity contribution < 1.29 is 107 Å². The molecule has 3 saturated carbocycles. The number of benzene rings is 15. The van der Waals surface area contributed by atoms with E-state index in [1.54, 1.807) is 30.6 Å². The Morgan fingerprint density at radius 1 is 0.331 bits per heavy atom. The van der Waals surface area contributed by atoms with Gasteiger partial charge in [-0.15, -0.1) is 0 Å². The third kappa shape index (κ3) is 30.8. The molecule has 18 aromatic rings. The third-order valence-electron chi connectivity index (χ3n) is 23.9. The molecule has 3 aromatic heterocycles. The van der Waals surface area contributed by atoms with E-state index in [1.807, 2.05) is 33.8 Å². The number of carboxylic acid groups (broad SMARTS) is 1. The molecule has 4 heterocycles. The molecular weight excluding hydrogens is 2060 g/mol. The van der Waals surface area contributed by atoms with E-state index in [1.165, 1.54) is 127 Å². The van der Waals surface area contributed by atoms with Crippen molar-refractivity contribution in [2.45, 2.75) is 95.5 Å². The Morgan fingerprint density at radius 2 is 0.545 bits per heavy atom. The van der Waals surface area contributed by atoms with Crippen LogP contribution in [0.25, 0.3) is 22.5 Å². The second-order valence-electron chi connectivity index (χ2n) is 34.5. The molecule has 0 atom stereocenters. The molecule has 1 aliphatic heterocycles. The fraction of sp³-hybridized carbons (Fsp3) is 0.143. The zero-order chi connectivity index (χ0) is 99.2. The first-order chi connectivity index (χ1) is 69.2. The molecular formula is C119H110BBrF3N6NaO9P4Pd. The SMILES string of the molecule is CC1(C)OB(c2ccnn2C2CC2)OC1(C)C.COC(=O)c1ccc(-c2ccnn2C2CC2)cc1F.COC(=O)c1ccc(Br)cc1F.O=C(O)c1ccc(-c2ccnn2C2CC2)cc1F.[Na+].[OH-].[Pd].c1ccc(P(c2ccccc2)c2ccccc2)cc1.c1ccc(P(c2ccccc2)c2ccccc2)cc1.c1ccc(P(c2ccccc2)c2ccccc2)cc1.c1ccc(P(c2ccccc2)c2ccccc2)cc1. The Bertz CT molecular complexity index is 6160. The number of methoxy groups -OCH3 is 2. The van der Waals surface area contributed by atoms with Crippen LogP contribution in [0.1, 0.15) is 115 Å². The zero-order valence-electron chi connectivity index (χ0n) is 81.4. The standard InChI is InChI=1S/4C18H15P.C14H13FN2O2.C13H11FN2O2.C12H19BN2O2.C8H6BrFO2.Na.H2O.Pd/c4*1-4-10-16(11-5-1)19(17-12-6-2-7-13-17)18-14-8-3-9-15-18;1-19-14(18)11-5-2-9(8-12(11)15)13-6-7-16-17(13)10-3-4-10;14-11-7-8(1-4-10(11)13(17)18)12-5-6-15-16(12)9-2-3-9;1-11(2)12(3,4)17-13(16-11)10-7-8-14-15(10)9-5-6-9;1-12-8(11)6-3-2-5(9)4-7(6)10;;;/h4*1-15H;2,5-8,10H,3-4H2,1H3;1,4-7,9H,2-3H2,(H,17,18);7-9H,5-6H2,1-4H3;2-4H,1H3;;1H2;/q;;;;;;;;+1;;/p-1. The number of carbonyl (C=O) groups excluding carboxylic acids is 2. The van der Waals surface area contributed by atoms with Crippen LogP contribution in [-0.2, 0) is 39.2 Å². The fourth-order valence-electron chi connectivity index (χ4n) is 15.7. The summed E-state index contributed by atoms with van der Waals surface area (Å²) in [4.78, 5) is 33.0.